The van der Waals surface area contributed by atoms with E-state index in [0.717, 1.165) is 11.6 Å². The first-order chi connectivity index (χ1) is 11.0. The predicted molar refractivity (Wildman–Crippen MR) is 81.4 cm³/mol. The van der Waals surface area contributed by atoms with E-state index in [-0.39, 0.29) is 46.7 Å². The molecule has 0 saturated heterocycles. The van der Waals surface area contributed by atoms with Gasteiger partial charge in [-0.1, -0.05) is 12.1 Å². The lowest BCUT2D eigenvalue weighted by molar-refractivity contribution is 0.0820. The van der Waals surface area contributed by atoms with Gasteiger partial charge < -0.3 is 24.8 Å². The number of hydrogen-bond acceptors (Lipinski definition) is 6. The van der Waals surface area contributed by atoms with Crippen molar-refractivity contribution in [2.45, 2.75) is 6.42 Å². The zero-order valence-corrected chi connectivity index (χ0v) is 12.4. The van der Waals surface area contributed by atoms with Crippen LogP contribution in [0.5, 0.6) is 28.7 Å². The second kappa shape index (κ2) is 5.72. The minimum absolute atomic E-state index is 0.0229. The molecule has 0 saturated carbocycles. The van der Waals surface area contributed by atoms with Gasteiger partial charge in [0.1, 0.15) is 17.1 Å². The van der Waals surface area contributed by atoms with Crippen molar-refractivity contribution in [2.24, 2.45) is 5.92 Å². The van der Waals surface area contributed by atoms with Gasteiger partial charge in [-0.3, -0.25) is 4.79 Å². The Labute approximate surface area is 132 Å². The van der Waals surface area contributed by atoms with Crippen LogP contribution >= 0.6 is 0 Å². The molecule has 3 rings (SSSR count). The van der Waals surface area contributed by atoms with Gasteiger partial charge in [-0.05, 0) is 24.1 Å². The van der Waals surface area contributed by atoms with Gasteiger partial charge in [-0.15, -0.1) is 0 Å². The van der Waals surface area contributed by atoms with E-state index in [4.69, 9.17) is 9.47 Å². The molecule has 3 N–H and O–H groups in total. The molecule has 0 radical (unpaired) electrons. The van der Waals surface area contributed by atoms with E-state index in [0.29, 0.717) is 6.42 Å². The summed E-state index contributed by atoms with van der Waals surface area (Å²) in [5, 5.41) is 29.1. The second-order valence-corrected chi connectivity index (χ2v) is 5.39. The maximum atomic E-state index is 12.7. The lowest BCUT2D eigenvalue weighted by atomic mass is 9.89. The molecule has 2 aromatic rings. The number of phenolic OH excluding ortho intramolecular Hbond substituents is 3. The Hall–Kier alpha value is -2.89. The molecule has 1 heterocycles. The average molecular weight is 316 g/mol. The Kier molecular flexibility index (Phi) is 3.73. The van der Waals surface area contributed by atoms with Crippen molar-refractivity contribution in [3.05, 3.63) is 41.5 Å². The maximum Gasteiger partial charge on any atom is 0.204 e. The van der Waals surface area contributed by atoms with Gasteiger partial charge in [-0.25, -0.2) is 0 Å². The van der Waals surface area contributed by atoms with Crippen molar-refractivity contribution < 1.29 is 29.6 Å². The number of methoxy groups -OCH3 is 1. The number of phenols is 3. The molecule has 23 heavy (non-hydrogen) atoms. The number of benzene rings is 2. The molecule has 2 aromatic carbocycles. The summed E-state index contributed by atoms with van der Waals surface area (Å²) >= 11 is 0. The second-order valence-electron chi connectivity index (χ2n) is 5.39. The Morgan fingerprint density at radius 1 is 1.17 bits per heavy atom. The van der Waals surface area contributed by atoms with Crippen LogP contribution in [0.2, 0.25) is 0 Å². The third-order valence-electron chi connectivity index (χ3n) is 3.86. The van der Waals surface area contributed by atoms with Crippen LogP contribution in [0.25, 0.3) is 0 Å². The third-order valence-corrected chi connectivity index (χ3v) is 3.86. The third kappa shape index (κ3) is 2.63. The molecule has 0 bridgehead atoms. The zero-order valence-electron chi connectivity index (χ0n) is 12.4. The zero-order chi connectivity index (χ0) is 16.6. The van der Waals surface area contributed by atoms with Gasteiger partial charge in [0.2, 0.25) is 5.75 Å². The number of ether oxygens (including phenoxy) is 2. The van der Waals surface area contributed by atoms with Crippen LogP contribution in [0, 0.1) is 5.92 Å². The van der Waals surface area contributed by atoms with Gasteiger partial charge in [0.05, 0.1) is 19.6 Å². The number of rotatable bonds is 3. The summed E-state index contributed by atoms with van der Waals surface area (Å²) in [5.41, 5.74) is 0.896. The van der Waals surface area contributed by atoms with Crippen LogP contribution in [0.15, 0.2) is 30.3 Å². The molecule has 0 aromatic heterocycles. The number of fused-ring (bicyclic) bond motifs is 1. The van der Waals surface area contributed by atoms with Crippen LogP contribution in [0.3, 0.4) is 0 Å². The van der Waals surface area contributed by atoms with Gasteiger partial charge in [0.25, 0.3) is 0 Å². The molecular weight excluding hydrogens is 300 g/mol. The molecule has 1 aliphatic rings. The molecule has 0 aliphatic carbocycles. The van der Waals surface area contributed by atoms with Crippen LogP contribution in [0.1, 0.15) is 15.9 Å². The Morgan fingerprint density at radius 2 is 1.87 bits per heavy atom. The van der Waals surface area contributed by atoms with E-state index in [1.54, 1.807) is 24.3 Å². The average Bonchev–Trinajstić information content (AvgIpc) is 2.52. The van der Waals surface area contributed by atoms with Crippen molar-refractivity contribution in [3.63, 3.8) is 0 Å². The monoisotopic (exact) mass is 316 g/mol. The van der Waals surface area contributed by atoms with Crippen molar-refractivity contribution in [1.29, 1.82) is 0 Å². The summed E-state index contributed by atoms with van der Waals surface area (Å²) in [7, 11) is 1.35. The predicted octanol–water partition coefficient (Wildman–Crippen LogP) is 2.25. The summed E-state index contributed by atoms with van der Waals surface area (Å²) < 4.78 is 10.6. The highest BCUT2D eigenvalue weighted by Crippen LogP contribution is 2.47. The first kappa shape index (κ1) is 15.0. The van der Waals surface area contributed by atoms with Crippen LogP contribution in [0.4, 0.5) is 0 Å². The largest absolute Gasteiger partial charge is 0.508 e. The fourth-order valence-electron chi connectivity index (χ4n) is 2.72. The number of ketones is 1. The Bertz CT molecular complexity index is 751. The molecule has 0 spiro atoms. The topological polar surface area (TPSA) is 96.2 Å². The number of carbonyl (C=O) groups excluding carboxylic acids is 1. The summed E-state index contributed by atoms with van der Waals surface area (Å²) in [5.74, 6) is -1.09. The minimum atomic E-state index is -0.466. The fraction of sp³-hybridized carbons (Fsp3) is 0.235. The van der Waals surface area contributed by atoms with E-state index < -0.39 is 5.92 Å². The van der Waals surface area contributed by atoms with E-state index in [1.165, 1.54) is 7.11 Å². The molecule has 0 amide bonds. The normalized spacial score (nSPS) is 16.6. The van der Waals surface area contributed by atoms with Gasteiger partial charge in [0.15, 0.2) is 17.3 Å². The number of Topliss-reactive ketones (excluding diaryl/α,β-unsaturated/α-hetero) is 1. The number of hydrogen-bond donors (Lipinski definition) is 3. The quantitative estimate of drug-likeness (QED) is 0.803. The smallest absolute Gasteiger partial charge is 0.204 e. The first-order valence-electron chi connectivity index (χ1n) is 7.09. The molecule has 120 valence electrons. The highest BCUT2D eigenvalue weighted by atomic mass is 16.5. The molecule has 1 atom stereocenters. The van der Waals surface area contributed by atoms with E-state index in [1.807, 2.05) is 0 Å². The summed E-state index contributed by atoms with van der Waals surface area (Å²) in [4.78, 5) is 12.7. The van der Waals surface area contributed by atoms with E-state index >= 15 is 0 Å². The number of carbonyl (C=O) groups is 1. The lowest BCUT2D eigenvalue weighted by Gasteiger charge is -2.26. The Balaban J connectivity index is 1.93. The van der Waals surface area contributed by atoms with Crippen LogP contribution in [-0.2, 0) is 6.42 Å². The van der Waals surface area contributed by atoms with Crippen molar-refractivity contribution >= 4 is 5.78 Å². The fourth-order valence-corrected chi connectivity index (χ4v) is 2.72. The van der Waals surface area contributed by atoms with Crippen LogP contribution in [-0.4, -0.2) is 34.8 Å². The van der Waals surface area contributed by atoms with Crippen molar-refractivity contribution in [1.82, 2.24) is 0 Å². The van der Waals surface area contributed by atoms with Gasteiger partial charge >= 0.3 is 0 Å². The number of aromatic hydroxyl groups is 3. The minimum Gasteiger partial charge on any atom is -0.508 e. The SMILES string of the molecule is COc1c(O)cc(O)c2c1OCC(Cc1ccc(O)cc1)C2=O. The van der Waals surface area contributed by atoms with Crippen molar-refractivity contribution in [2.75, 3.05) is 13.7 Å². The molecule has 6 nitrogen and oxygen atoms in total. The summed E-state index contributed by atoms with van der Waals surface area (Å²) in [6.45, 7) is 0.117. The maximum absolute atomic E-state index is 12.7. The molecule has 6 heteroatoms. The van der Waals surface area contributed by atoms with E-state index in [2.05, 4.69) is 0 Å². The first-order valence-corrected chi connectivity index (χ1v) is 7.09. The van der Waals surface area contributed by atoms with Gasteiger partial charge in [0, 0.05) is 6.07 Å². The molecular formula is C17H16O6. The van der Waals surface area contributed by atoms with E-state index in [9.17, 15) is 20.1 Å². The summed E-state index contributed by atoms with van der Waals surface area (Å²) in [6, 6.07) is 7.64. The highest BCUT2D eigenvalue weighted by Gasteiger charge is 2.35. The molecule has 0 fully saturated rings. The lowest BCUT2D eigenvalue weighted by Crippen LogP contribution is -2.29. The molecule has 1 unspecified atom stereocenters. The highest BCUT2D eigenvalue weighted by molar-refractivity contribution is 6.05. The van der Waals surface area contributed by atoms with Crippen molar-refractivity contribution in [3.8, 4) is 28.7 Å². The summed E-state index contributed by atoms with van der Waals surface area (Å²) in [6.07, 6.45) is 0.418. The van der Waals surface area contributed by atoms with Gasteiger partial charge in [-0.2, -0.15) is 0 Å². The van der Waals surface area contributed by atoms with Crippen LogP contribution < -0.4 is 9.47 Å². The Morgan fingerprint density at radius 3 is 2.52 bits per heavy atom. The molecule has 1 aliphatic heterocycles. The standard InChI is InChI=1S/C17H16O6/c1-22-16-13(20)7-12(19)14-15(21)10(8-23-17(14)16)6-9-2-4-11(18)5-3-9/h2-5,7,10,18-20H,6,8H2,1H3.